The normalized spacial score (nSPS) is 19.8. The van der Waals surface area contributed by atoms with Gasteiger partial charge in [-0.25, -0.2) is 4.79 Å². The summed E-state index contributed by atoms with van der Waals surface area (Å²) in [5, 5.41) is 10.7. The second-order valence-corrected chi connectivity index (χ2v) is 11.3. The lowest BCUT2D eigenvalue weighted by atomic mass is 9.73. The Labute approximate surface area is 229 Å². The van der Waals surface area contributed by atoms with E-state index in [1.54, 1.807) is 12.1 Å². The van der Waals surface area contributed by atoms with E-state index in [9.17, 15) is 4.79 Å². The van der Waals surface area contributed by atoms with Gasteiger partial charge in [-0.3, -0.25) is 0 Å². The first-order chi connectivity index (χ1) is 18.7. The second-order valence-electron chi connectivity index (χ2n) is 11.3. The smallest absolute Gasteiger partial charge is 0.407 e. The summed E-state index contributed by atoms with van der Waals surface area (Å²) >= 11 is 0. The zero-order valence-corrected chi connectivity index (χ0v) is 22.6. The highest BCUT2D eigenvalue weighted by molar-refractivity contribution is 5.68. The van der Waals surface area contributed by atoms with Crippen LogP contribution in [0.4, 0.5) is 10.6 Å². The minimum atomic E-state index is -0.500. The first-order valence-corrected chi connectivity index (χ1v) is 13.5. The van der Waals surface area contributed by atoms with Crippen molar-refractivity contribution < 1.29 is 19.0 Å². The minimum Gasteiger partial charge on any atom is -0.490 e. The summed E-state index contributed by atoms with van der Waals surface area (Å²) < 4.78 is 17.3. The van der Waals surface area contributed by atoms with Crippen molar-refractivity contribution in [1.29, 1.82) is 0 Å². The monoisotopic (exact) mass is 526 g/mol. The maximum Gasteiger partial charge on any atom is 0.407 e. The van der Waals surface area contributed by atoms with Crippen LogP contribution in [0.25, 0.3) is 4.85 Å². The highest BCUT2D eigenvalue weighted by atomic mass is 16.6. The lowest BCUT2D eigenvalue weighted by Gasteiger charge is -2.36. The molecule has 202 valence electrons. The number of carbonyl (C=O) groups excluding carboxylic acids is 1. The molecule has 2 aliphatic carbocycles. The average Bonchev–Trinajstić information content (AvgIpc) is 3.39. The Balaban J connectivity index is 1.20. The van der Waals surface area contributed by atoms with Gasteiger partial charge in [0.1, 0.15) is 23.2 Å². The van der Waals surface area contributed by atoms with Crippen LogP contribution in [0.2, 0.25) is 0 Å². The van der Waals surface area contributed by atoms with Crippen molar-refractivity contribution in [3.8, 4) is 17.4 Å². The average molecular weight is 527 g/mol. The fourth-order valence-electron chi connectivity index (χ4n) is 5.41. The van der Waals surface area contributed by atoms with Gasteiger partial charge in [-0.2, -0.15) is 0 Å². The fraction of sp³-hybridized carbons (Fsp3) is 0.419. The van der Waals surface area contributed by atoms with Crippen LogP contribution in [0.15, 0.2) is 60.7 Å². The lowest BCUT2D eigenvalue weighted by molar-refractivity contribution is 0.0363. The molecule has 5 rings (SSSR count). The Morgan fingerprint density at radius 2 is 1.54 bits per heavy atom. The van der Waals surface area contributed by atoms with Crippen LogP contribution in [-0.2, 0) is 10.2 Å². The molecule has 0 atom stereocenters. The summed E-state index contributed by atoms with van der Waals surface area (Å²) in [6, 6.07) is 20.0. The molecule has 39 heavy (non-hydrogen) atoms. The van der Waals surface area contributed by atoms with E-state index < -0.39 is 5.60 Å². The van der Waals surface area contributed by atoms with Crippen molar-refractivity contribution in [2.24, 2.45) is 0 Å². The van der Waals surface area contributed by atoms with Crippen LogP contribution in [0.1, 0.15) is 70.4 Å². The number of alkyl carbamates (subject to hydrolysis) is 1. The van der Waals surface area contributed by atoms with E-state index in [0.717, 1.165) is 31.4 Å². The Morgan fingerprint density at radius 3 is 2.08 bits per heavy atom. The first-order valence-electron chi connectivity index (χ1n) is 13.5. The molecule has 2 aromatic carbocycles. The van der Waals surface area contributed by atoms with Gasteiger partial charge in [0.05, 0.1) is 0 Å². The van der Waals surface area contributed by atoms with E-state index in [1.807, 2.05) is 32.9 Å². The van der Waals surface area contributed by atoms with Gasteiger partial charge in [0, 0.05) is 29.4 Å². The topological polar surface area (TPSA) is 86.9 Å². The van der Waals surface area contributed by atoms with E-state index in [4.69, 9.17) is 20.8 Å². The Bertz CT molecular complexity index is 1310. The van der Waals surface area contributed by atoms with Crippen LogP contribution >= 0.6 is 0 Å². The summed E-state index contributed by atoms with van der Waals surface area (Å²) in [6.45, 7) is 12.6. The van der Waals surface area contributed by atoms with E-state index >= 15 is 0 Å². The number of hydrogen-bond donors (Lipinski definition) is 1. The molecule has 0 radical (unpaired) electrons. The number of ether oxygens (including phenoxy) is 3. The maximum absolute atomic E-state index is 12.0. The third-order valence-electron chi connectivity index (χ3n) is 7.35. The fourth-order valence-corrected chi connectivity index (χ4v) is 5.41. The van der Waals surface area contributed by atoms with Gasteiger partial charge in [-0.15, -0.1) is 0 Å². The summed E-state index contributed by atoms with van der Waals surface area (Å²) in [7, 11) is 0. The number of nitrogens with one attached hydrogen (secondary N) is 1. The van der Waals surface area contributed by atoms with Crippen LogP contribution < -0.4 is 14.8 Å². The molecule has 8 heteroatoms. The number of amides is 1. The number of benzene rings is 2. The molecule has 1 amide bonds. The molecule has 1 aromatic heterocycles. The van der Waals surface area contributed by atoms with Gasteiger partial charge in [-0.05, 0) is 86.2 Å². The van der Waals surface area contributed by atoms with Crippen molar-refractivity contribution in [1.82, 2.24) is 15.5 Å². The summed E-state index contributed by atoms with van der Waals surface area (Å²) in [6.07, 6.45) is 5.83. The van der Waals surface area contributed by atoms with Gasteiger partial charge in [0.15, 0.2) is 0 Å². The van der Waals surface area contributed by atoms with Crippen molar-refractivity contribution in [3.05, 3.63) is 83.2 Å². The molecule has 0 saturated heterocycles. The van der Waals surface area contributed by atoms with Gasteiger partial charge < -0.3 is 24.4 Å². The van der Waals surface area contributed by atoms with E-state index in [2.05, 4.69) is 56.8 Å². The molecule has 2 saturated carbocycles. The van der Waals surface area contributed by atoms with E-state index in [-0.39, 0.29) is 29.5 Å². The predicted octanol–water partition coefficient (Wildman–Crippen LogP) is 7.11. The molecule has 0 bridgehead atoms. The third-order valence-corrected chi connectivity index (χ3v) is 7.35. The highest BCUT2D eigenvalue weighted by Crippen LogP contribution is 2.47. The second kappa shape index (κ2) is 10.9. The molecule has 2 aliphatic rings. The highest BCUT2D eigenvalue weighted by Gasteiger charge is 2.38. The number of carbonyl (C=O) groups is 1. The van der Waals surface area contributed by atoms with Crippen LogP contribution in [-0.4, -0.2) is 34.0 Å². The SMILES string of the molecule is [C-]#[N+]c1ccc(Oc2ccc(C3(c4ccc(OC5CC(NC(=O)OC(C)(C)C)C5)cc4)CCCC3)cc2)nn1. The van der Waals surface area contributed by atoms with Crippen molar-refractivity contribution in [2.75, 3.05) is 0 Å². The molecular formula is C31H34N4O4. The molecule has 0 unspecified atom stereocenters. The quantitative estimate of drug-likeness (QED) is 0.330. The number of aromatic nitrogens is 2. The summed E-state index contributed by atoms with van der Waals surface area (Å²) in [5.74, 6) is 2.13. The van der Waals surface area contributed by atoms with Crippen molar-refractivity contribution >= 4 is 11.9 Å². The van der Waals surface area contributed by atoms with Crippen molar-refractivity contribution in [2.45, 2.75) is 82.5 Å². The van der Waals surface area contributed by atoms with E-state index in [1.165, 1.54) is 24.0 Å². The standard InChI is InChI=1S/C31H34N4O4/c1-30(2,3)39-29(36)33-23-19-26(20-23)37-24-11-7-21(8-12-24)31(17-5-6-18-31)22-9-13-25(14-10-22)38-28-16-15-27(32-4)34-35-28/h7-16,23,26H,5-6,17-20H2,1-3H3,(H,33,36). The van der Waals surface area contributed by atoms with Crippen LogP contribution in [0.3, 0.4) is 0 Å². The van der Waals surface area contributed by atoms with Gasteiger partial charge in [0.25, 0.3) is 11.7 Å². The molecule has 0 spiro atoms. The Kier molecular flexibility index (Phi) is 7.42. The van der Waals surface area contributed by atoms with Crippen LogP contribution in [0.5, 0.6) is 17.4 Å². The van der Waals surface area contributed by atoms with Gasteiger partial charge >= 0.3 is 6.09 Å². The number of hydrogen-bond acceptors (Lipinski definition) is 6. The third kappa shape index (κ3) is 6.31. The summed E-state index contributed by atoms with van der Waals surface area (Å²) in [4.78, 5) is 15.2. The molecule has 2 fully saturated rings. The Morgan fingerprint density at radius 1 is 0.923 bits per heavy atom. The van der Waals surface area contributed by atoms with E-state index in [0.29, 0.717) is 11.6 Å². The molecular weight excluding hydrogens is 492 g/mol. The molecule has 1 N–H and O–H groups in total. The van der Waals surface area contributed by atoms with Gasteiger partial charge in [-0.1, -0.05) is 43.7 Å². The Hall–Kier alpha value is -4.12. The lowest BCUT2D eigenvalue weighted by Crippen LogP contribution is -2.50. The molecule has 1 heterocycles. The molecule has 8 nitrogen and oxygen atoms in total. The first kappa shape index (κ1) is 26.5. The largest absolute Gasteiger partial charge is 0.490 e. The number of rotatable bonds is 7. The molecule has 3 aromatic rings. The maximum atomic E-state index is 12.0. The summed E-state index contributed by atoms with van der Waals surface area (Å²) in [5.41, 5.74) is 2.03. The molecule has 0 aliphatic heterocycles. The number of nitrogens with zero attached hydrogens (tertiary/aromatic N) is 3. The predicted molar refractivity (Wildman–Crippen MR) is 147 cm³/mol. The zero-order chi connectivity index (χ0) is 27.5. The van der Waals surface area contributed by atoms with Gasteiger partial charge in [0.2, 0.25) is 0 Å². The zero-order valence-electron chi connectivity index (χ0n) is 22.6. The van der Waals surface area contributed by atoms with Crippen LogP contribution in [0, 0.1) is 6.57 Å². The minimum absolute atomic E-state index is 0.0347. The van der Waals surface area contributed by atoms with Crippen molar-refractivity contribution in [3.63, 3.8) is 0 Å².